The first-order valence-corrected chi connectivity index (χ1v) is 8.88. The Hall–Kier alpha value is -0.830. The molecule has 7 nitrogen and oxygen atoms in total. The van der Waals surface area contributed by atoms with E-state index in [0.717, 1.165) is 6.42 Å². The van der Waals surface area contributed by atoms with Gasteiger partial charge in [0.2, 0.25) is 0 Å². The highest BCUT2D eigenvalue weighted by Gasteiger charge is 2.51. The van der Waals surface area contributed by atoms with Crippen LogP contribution in [0.3, 0.4) is 0 Å². The van der Waals surface area contributed by atoms with Crippen LogP contribution in [-0.2, 0) is 9.53 Å². The van der Waals surface area contributed by atoms with Gasteiger partial charge in [0, 0.05) is 13.1 Å². The maximum atomic E-state index is 12.3. The topological polar surface area (TPSA) is 103 Å². The van der Waals surface area contributed by atoms with Gasteiger partial charge in [0.25, 0.3) is 5.91 Å². The summed E-state index contributed by atoms with van der Waals surface area (Å²) in [5, 5.41) is 27.0. The Labute approximate surface area is 141 Å². The fourth-order valence-corrected chi connectivity index (χ4v) is 3.69. The van der Waals surface area contributed by atoms with E-state index in [4.69, 9.17) is 4.74 Å². The molecule has 2 fully saturated rings. The minimum absolute atomic E-state index is 0.112. The molecular formula is C15H27N3O4S. The van der Waals surface area contributed by atoms with E-state index in [0.29, 0.717) is 18.3 Å². The molecule has 2 saturated heterocycles. The Morgan fingerprint density at radius 3 is 2.70 bits per heavy atom. The number of thioether (sulfide) groups is 1. The van der Waals surface area contributed by atoms with Gasteiger partial charge in [0.05, 0.1) is 6.04 Å². The summed E-state index contributed by atoms with van der Waals surface area (Å²) in [6, 6.07) is -0.459. The zero-order valence-corrected chi connectivity index (χ0v) is 14.9. The summed E-state index contributed by atoms with van der Waals surface area (Å²) in [7, 11) is 0. The number of aliphatic hydroxyl groups excluding tert-OH is 2. The van der Waals surface area contributed by atoms with Crippen LogP contribution >= 0.6 is 11.8 Å². The lowest BCUT2D eigenvalue weighted by molar-refractivity contribution is -0.173. The van der Waals surface area contributed by atoms with E-state index in [1.54, 1.807) is 0 Å². The van der Waals surface area contributed by atoms with Gasteiger partial charge in [-0.05, 0) is 18.8 Å². The number of hydrogen-bond donors (Lipinski definition) is 4. The average Bonchev–Trinajstić information content (AvgIpc) is 2.84. The van der Waals surface area contributed by atoms with Crippen LogP contribution in [0.2, 0.25) is 0 Å². The Kier molecular flexibility index (Phi) is 5.94. The van der Waals surface area contributed by atoms with E-state index in [9.17, 15) is 15.0 Å². The molecule has 0 aromatic carbocycles. The second kappa shape index (κ2) is 7.38. The lowest BCUT2D eigenvalue weighted by Crippen LogP contribution is -2.62. The van der Waals surface area contributed by atoms with Crippen molar-refractivity contribution in [2.24, 2.45) is 10.4 Å². The van der Waals surface area contributed by atoms with Crippen LogP contribution < -0.4 is 10.6 Å². The van der Waals surface area contributed by atoms with Gasteiger partial charge in [0.15, 0.2) is 11.3 Å². The molecule has 2 heterocycles. The summed E-state index contributed by atoms with van der Waals surface area (Å²) in [4.78, 5) is 16.5. The van der Waals surface area contributed by atoms with Crippen molar-refractivity contribution in [2.45, 2.75) is 63.9 Å². The number of amidine groups is 1. The number of nitrogens with zero attached hydrogens (tertiary/aromatic N) is 1. The molecule has 2 aliphatic heterocycles. The normalized spacial score (nSPS) is 35.7. The fourth-order valence-electron chi connectivity index (χ4n) is 2.51. The first-order valence-electron chi connectivity index (χ1n) is 8.00. The quantitative estimate of drug-likeness (QED) is 0.575. The highest BCUT2D eigenvalue weighted by Crippen LogP contribution is 2.34. The third-order valence-electron chi connectivity index (χ3n) is 3.85. The van der Waals surface area contributed by atoms with Crippen molar-refractivity contribution >= 4 is 22.8 Å². The largest absolute Gasteiger partial charge is 0.388 e. The van der Waals surface area contributed by atoms with Gasteiger partial charge in [-0.3, -0.25) is 9.79 Å². The summed E-state index contributed by atoms with van der Waals surface area (Å²) in [5.41, 5.74) is -0.321. The van der Waals surface area contributed by atoms with Crippen molar-refractivity contribution < 1.29 is 19.7 Å². The number of nitrogens with one attached hydrogen (secondary N) is 2. The number of aliphatic imine (C=N–C) groups is 1. The SMILES string of the molecule is CCN=C1NC2C(OC(C(=O)NCCC(C)(C)C)C(O)C2O)S1. The Morgan fingerprint density at radius 2 is 2.09 bits per heavy atom. The van der Waals surface area contributed by atoms with Crippen molar-refractivity contribution in [2.75, 3.05) is 13.1 Å². The minimum Gasteiger partial charge on any atom is -0.388 e. The number of carbonyl (C=O) groups is 1. The van der Waals surface area contributed by atoms with Crippen molar-refractivity contribution in [3.8, 4) is 0 Å². The molecule has 5 unspecified atom stereocenters. The standard InChI is InChI=1S/C15H27N3O4S/c1-5-16-14-18-8-9(19)10(20)11(22-13(8)23-14)12(21)17-7-6-15(2,3)4/h8-11,13,19-20H,5-7H2,1-4H3,(H,16,18)(H,17,21). The van der Waals surface area contributed by atoms with E-state index >= 15 is 0 Å². The van der Waals surface area contributed by atoms with Gasteiger partial charge in [-0.2, -0.15) is 0 Å². The number of carbonyl (C=O) groups excluding carboxylic acids is 1. The van der Waals surface area contributed by atoms with Gasteiger partial charge >= 0.3 is 0 Å². The van der Waals surface area contributed by atoms with Crippen molar-refractivity contribution in [3.05, 3.63) is 0 Å². The molecule has 4 N–H and O–H groups in total. The van der Waals surface area contributed by atoms with Gasteiger partial charge in [-0.25, -0.2) is 0 Å². The molecule has 132 valence electrons. The monoisotopic (exact) mass is 345 g/mol. The molecule has 0 aliphatic carbocycles. The van der Waals surface area contributed by atoms with E-state index in [1.165, 1.54) is 11.8 Å². The minimum atomic E-state index is -1.26. The molecule has 0 spiro atoms. The van der Waals surface area contributed by atoms with E-state index in [-0.39, 0.29) is 11.3 Å². The maximum absolute atomic E-state index is 12.3. The number of amides is 1. The number of fused-ring (bicyclic) bond motifs is 1. The summed E-state index contributed by atoms with van der Waals surface area (Å²) >= 11 is 1.34. The smallest absolute Gasteiger partial charge is 0.252 e. The molecular weight excluding hydrogens is 318 g/mol. The van der Waals surface area contributed by atoms with E-state index < -0.39 is 29.8 Å². The van der Waals surface area contributed by atoms with E-state index in [1.807, 2.05) is 6.92 Å². The highest BCUT2D eigenvalue weighted by atomic mass is 32.2. The molecule has 0 radical (unpaired) electrons. The molecule has 1 amide bonds. The predicted molar refractivity (Wildman–Crippen MR) is 90.2 cm³/mol. The fraction of sp³-hybridized carbons (Fsp3) is 0.867. The second-order valence-corrected chi connectivity index (χ2v) is 8.16. The van der Waals surface area contributed by atoms with Crippen LogP contribution in [0.15, 0.2) is 4.99 Å². The summed E-state index contributed by atoms with van der Waals surface area (Å²) in [5.74, 6) is -0.388. The molecule has 0 bridgehead atoms. The van der Waals surface area contributed by atoms with Gasteiger partial charge < -0.3 is 25.6 Å². The van der Waals surface area contributed by atoms with Crippen molar-refractivity contribution in [1.29, 1.82) is 0 Å². The zero-order chi connectivity index (χ0) is 17.2. The number of rotatable bonds is 4. The van der Waals surface area contributed by atoms with E-state index in [2.05, 4.69) is 36.4 Å². The molecule has 23 heavy (non-hydrogen) atoms. The molecule has 8 heteroatoms. The predicted octanol–water partition coefficient (Wildman–Crippen LogP) is 0.0664. The van der Waals surface area contributed by atoms with Crippen LogP contribution in [0, 0.1) is 5.41 Å². The molecule has 0 saturated carbocycles. The third kappa shape index (κ3) is 4.59. The van der Waals surface area contributed by atoms with Gasteiger partial charge in [0.1, 0.15) is 17.6 Å². The Balaban J connectivity index is 1.96. The molecule has 0 aromatic rings. The Morgan fingerprint density at radius 1 is 1.39 bits per heavy atom. The van der Waals surface area contributed by atoms with Crippen molar-refractivity contribution in [1.82, 2.24) is 10.6 Å². The van der Waals surface area contributed by atoms with Crippen LogP contribution in [0.25, 0.3) is 0 Å². The molecule has 2 aliphatic rings. The summed E-state index contributed by atoms with van der Waals surface area (Å²) < 4.78 is 5.71. The number of hydrogen-bond acceptors (Lipinski definition) is 6. The first-order chi connectivity index (χ1) is 10.7. The highest BCUT2D eigenvalue weighted by molar-refractivity contribution is 8.14. The molecule has 5 atom stereocenters. The number of aliphatic hydroxyl groups is 2. The van der Waals surface area contributed by atoms with Crippen LogP contribution in [-0.4, -0.2) is 64.2 Å². The molecule has 2 rings (SSSR count). The van der Waals surface area contributed by atoms with Crippen LogP contribution in [0.1, 0.15) is 34.1 Å². The zero-order valence-electron chi connectivity index (χ0n) is 14.1. The van der Waals surface area contributed by atoms with Crippen LogP contribution in [0.5, 0.6) is 0 Å². The third-order valence-corrected chi connectivity index (χ3v) is 4.96. The molecule has 0 aromatic heterocycles. The van der Waals surface area contributed by atoms with Crippen molar-refractivity contribution in [3.63, 3.8) is 0 Å². The lowest BCUT2D eigenvalue weighted by Gasteiger charge is -2.38. The first kappa shape index (κ1) is 18.5. The van der Waals surface area contributed by atoms with Gasteiger partial charge in [-0.15, -0.1) is 0 Å². The average molecular weight is 345 g/mol. The summed E-state index contributed by atoms with van der Waals surface area (Å²) in [6.45, 7) is 9.31. The summed E-state index contributed by atoms with van der Waals surface area (Å²) in [6.07, 6.45) is -2.59. The van der Waals surface area contributed by atoms with Crippen LogP contribution in [0.4, 0.5) is 0 Å². The Bertz CT molecular complexity index is 466. The second-order valence-electron chi connectivity index (χ2n) is 7.08. The maximum Gasteiger partial charge on any atom is 0.252 e. The number of ether oxygens (including phenoxy) is 1. The van der Waals surface area contributed by atoms with Gasteiger partial charge in [-0.1, -0.05) is 32.5 Å². The lowest BCUT2D eigenvalue weighted by atomic mass is 9.92.